The molecule has 0 saturated carbocycles. The summed E-state index contributed by atoms with van der Waals surface area (Å²) in [5, 5.41) is 19.5. The van der Waals surface area contributed by atoms with Crippen molar-refractivity contribution in [2.75, 3.05) is 0 Å². The second-order valence-corrected chi connectivity index (χ2v) is 46.4. The van der Waals surface area contributed by atoms with Crippen LogP contribution in [0.5, 0.6) is 0 Å². The van der Waals surface area contributed by atoms with Gasteiger partial charge in [0.2, 0.25) is 0 Å². The molecule has 0 N–H and O–H groups in total. The summed E-state index contributed by atoms with van der Waals surface area (Å²) >= 11 is 0. The van der Waals surface area contributed by atoms with Crippen LogP contribution in [0.25, 0.3) is 142 Å². The van der Waals surface area contributed by atoms with Crippen LogP contribution in [-0.4, -0.2) is 0 Å². The Morgan fingerprint density at radius 2 is 0.441 bits per heavy atom. The van der Waals surface area contributed by atoms with E-state index in [9.17, 15) is 0 Å². The van der Waals surface area contributed by atoms with E-state index in [1.165, 1.54) is 307 Å². The minimum absolute atomic E-state index is 0.0877. The molecular formula is C136H158. The van der Waals surface area contributed by atoms with Crippen molar-refractivity contribution in [2.45, 2.75) is 311 Å². The molecule has 17 aromatic rings. The molecule has 0 heterocycles. The summed E-state index contributed by atoms with van der Waals surface area (Å²) in [6.45, 7) is 68.5. The topological polar surface area (TPSA) is 0 Å². The summed E-state index contributed by atoms with van der Waals surface area (Å²) in [7, 11) is 0. The zero-order valence-electron chi connectivity index (χ0n) is 88.8. The fourth-order valence-electron chi connectivity index (χ4n) is 20.6. The quantitative estimate of drug-likeness (QED) is 0.0751. The molecule has 17 aromatic carbocycles. The van der Waals surface area contributed by atoms with Gasteiger partial charge in [-0.2, -0.15) is 0 Å². The van der Waals surface area contributed by atoms with E-state index in [0.717, 1.165) is 5.92 Å². The van der Waals surface area contributed by atoms with Gasteiger partial charge >= 0.3 is 0 Å². The number of rotatable bonds is 18. The highest BCUT2D eigenvalue weighted by molar-refractivity contribution is 6.10. The van der Waals surface area contributed by atoms with Crippen molar-refractivity contribution < 1.29 is 0 Å². The van der Waals surface area contributed by atoms with E-state index < -0.39 is 0 Å². The first-order valence-corrected chi connectivity index (χ1v) is 51.4. The molecule has 0 heteroatoms. The summed E-state index contributed by atoms with van der Waals surface area (Å²) in [6, 6.07) is 105. The number of fused-ring (bicyclic) bond motifs is 7. The lowest BCUT2D eigenvalue weighted by atomic mass is 9.82. The SMILES string of the molecule is CCCCC(CC)Cc1ccc2c(C)c3ccccc3c(C)c2c1.CCCCc1ccc2c(C)c3cc(CCCC)ccc3c(C)c2c1.Cc1c2ccc(C(C)(C)C)cc2c(C)c2ccc(C(C)(C)C)cc12.Cc1cc(-c2cc(-c3ccc(C(C)(C)C)cc3)cc(-c3ccc(C(C)(C)C)cc3)c2)c2cc(C)cc(-c3cc(-c4ccc(C(C)(C)C)cc4)cc(-c4ccc(C(C)(C)C)cc4)c3)c2c1. The van der Waals surface area contributed by atoms with Crippen molar-refractivity contribution in [3.8, 4) is 66.8 Å². The Hall–Kier alpha value is -11.4. The molecule has 0 amide bonds. The summed E-state index contributed by atoms with van der Waals surface area (Å²) in [5.41, 5.74) is 39.1. The zero-order chi connectivity index (χ0) is 98.0. The molecule has 17 rings (SSSR count). The zero-order valence-corrected chi connectivity index (χ0v) is 88.8. The molecule has 0 aromatic heterocycles. The molecule has 0 spiro atoms. The molecule has 0 aliphatic heterocycles. The van der Waals surface area contributed by atoms with Crippen molar-refractivity contribution in [3.63, 3.8) is 0 Å². The molecule has 0 saturated heterocycles. The smallest absolute Gasteiger partial charge is 0.00963 e. The summed E-state index contributed by atoms with van der Waals surface area (Å²) < 4.78 is 0. The van der Waals surface area contributed by atoms with Crippen LogP contribution in [0.4, 0.5) is 0 Å². The molecule has 0 aliphatic rings. The van der Waals surface area contributed by atoms with Crippen LogP contribution in [-0.2, 0) is 51.8 Å². The Morgan fingerprint density at radius 1 is 0.199 bits per heavy atom. The lowest BCUT2D eigenvalue weighted by Gasteiger charge is -2.23. The van der Waals surface area contributed by atoms with E-state index in [2.05, 4.69) is 481 Å². The number of hydrogen-bond donors (Lipinski definition) is 0. The van der Waals surface area contributed by atoms with Gasteiger partial charge in [0.25, 0.3) is 0 Å². The minimum atomic E-state index is 0.0877. The Labute approximate surface area is 820 Å². The van der Waals surface area contributed by atoms with Crippen LogP contribution in [0.2, 0.25) is 0 Å². The first-order valence-electron chi connectivity index (χ1n) is 51.4. The standard InChI is InChI=1S/C64H68.3C24H30/c1-41-31-57(51-37-47(43-15-23-53(24-16-43)61(3,4)5)35-48(38-51)44-17-25-54(26-18-44)62(6,7)8)60-34-42(2)32-58(59(60)33-41)52-39-49(45-19-27-55(28-20-45)63(9,10)11)36-50(40-52)46-21-29-56(30-22-46)64(12,13)14;1-15-19-11-9-18(24(6,7)8)14-22(19)16(2)20-12-10-17(13-21(15)20)23(3,4)5;1-5-7-10-19(6-2)15-20-13-14-23-17(3)21-11-8-9-12-22(21)18(4)24(23)16-20;1-5-7-9-19-11-13-21-18(4)24-16-20(10-8-6-2)12-14-22(24)17(3)23(21)15-19/h15-40H,1-14H3;9-14H,1-8H3;8-9,11-14,16,19H,5-7,10,15H2,1-4H3;11-16H,5-10H2,1-4H3. The average molecular weight is 1790 g/mol. The predicted molar refractivity (Wildman–Crippen MR) is 605 cm³/mol. The lowest BCUT2D eigenvalue weighted by Crippen LogP contribution is -2.11. The molecule has 0 nitrogen and oxygen atoms in total. The molecule has 136 heavy (non-hydrogen) atoms. The number of hydrogen-bond acceptors (Lipinski definition) is 0. The maximum atomic E-state index is 2.46. The predicted octanol–water partition coefficient (Wildman–Crippen LogP) is 40.5. The molecule has 1 atom stereocenters. The van der Waals surface area contributed by atoms with Crippen molar-refractivity contribution in [1.82, 2.24) is 0 Å². The van der Waals surface area contributed by atoms with E-state index >= 15 is 0 Å². The monoisotopic (exact) mass is 1790 g/mol. The van der Waals surface area contributed by atoms with Gasteiger partial charge in [0.15, 0.2) is 0 Å². The average Bonchev–Trinajstić information content (AvgIpc) is 0.757. The molecule has 702 valence electrons. The number of benzene rings is 17. The highest BCUT2D eigenvalue weighted by Gasteiger charge is 2.25. The normalized spacial score (nSPS) is 12.5. The highest BCUT2D eigenvalue weighted by Crippen LogP contribution is 2.46. The van der Waals surface area contributed by atoms with Gasteiger partial charge in [-0.3, -0.25) is 0 Å². The van der Waals surface area contributed by atoms with Crippen molar-refractivity contribution >= 4 is 75.4 Å². The third-order valence-electron chi connectivity index (χ3n) is 29.7. The van der Waals surface area contributed by atoms with Crippen LogP contribution >= 0.6 is 0 Å². The van der Waals surface area contributed by atoms with Gasteiger partial charge in [0, 0.05) is 0 Å². The van der Waals surface area contributed by atoms with Crippen LogP contribution in [0.1, 0.15) is 298 Å². The minimum Gasteiger partial charge on any atom is -0.0654 e. The van der Waals surface area contributed by atoms with E-state index in [1.54, 1.807) is 0 Å². The fraction of sp³-hybridized carbons (Fsp3) is 0.353. The van der Waals surface area contributed by atoms with E-state index in [-0.39, 0.29) is 32.5 Å². The van der Waals surface area contributed by atoms with Crippen LogP contribution < -0.4 is 0 Å². The highest BCUT2D eigenvalue weighted by atomic mass is 14.3. The molecule has 0 radical (unpaired) electrons. The van der Waals surface area contributed by atoms with Crippen LogP contribution in [0.15, 0.2) is 273 Å². The first-order chi connectivity index (χ1) is 64.3. The number of aryl methyl sites for hydroxylation is 10. The van der Waals surface area contributed by atoms with E-state index in [0.29, 0.717) is 0 Å². The second kappa shape index (κ2) is 41.1. The molecule has 1 unspecified atom stereocenters. The lowest BCUT2D eigenvalue weighted by molar-refractivity contribution is 0.449. The molecule has 0 fully saturated rings. The Kier molecular flexibility index (Phi) is 30.4. The maximum Gasteiger partial charge on any atom is -0.00963 e. The van der Waals surface area contributed by atoms with E-state index in [4.69, 9.17) is 0 Å². The van der Waals surface area contributed by atoms with Gasteiger partial charge in [-0.15, -0.1) is 0 Å². The first kappa shape index (κ1) is 100. The van der Waals surface area contributed by atoms with Gasteiger partial charge in [-0.05, 0) is 399 Å². The molecule has 0 bridgehead atoms. The van der Waals surface area contributed by atoms with Crippen molar-refractivity contribution in [3.05, 3.63) is 368 Å². The van der Waals surface area contributed by atoms with Crippen LogP contribution in [0.3, 0.4) is 0 Å². The summed E-state index contributed by atoms with van der Waals surface area (Å²) in [5.74, 6) is 0.823. The van der Waals surface area contributed by atoms with Gasteiger partial charge in [0.1, 0.15) is 0 Å². The third-order valence-corrected chi connectivity index (χ3v) is 29.7. The van der Waals surface area contributed by atoms with E-state index in [1.807, 2.05) is 0 Å². The molecule has 0 aliphatic carbocycles. The van der Waals surface area contributed by atoms with Gasteiger partial charge in [-0.25, -0.2) is 0 Å². The fourth-order valence-corrected chi connectivity index (χ4v) is 20.6. The Bertz CT molecular complexity index is 6650. The maximum absolute atomic E-state index is 2.46. The Balaban J connectivity index is 0.000000167. The van der Waals surface area contributed by atoms with Crippen molar-refractivity contribution in [1.29, 1.82) is 0 Å². The second-order valence-electron chi connectivity index (χ2n) is 46.4. The Morgan fingerprint density at radius 3 is 0.721 bits per heavy atom. The van der Waals surface area contributed by atoms with Crippen molar-refractivity contribution in [2.24, 2.45) is 5.92 Å². The summed E-state index contributed by atoms with van der Waals surface area (Å²) in [6.07, 6.45) is 14.0. The molecular weight excluding hydrogens is 1630 g/mol. The number of unbranched alkanes of at least 4 members (excludes halogenated alkanes) is 3. The van der Waals surface area contributed by atoms with Crippen LogP contribution in [0, 0.1) is 61.3 Å². The van der Waals surface area contributed by atoms with Gasteiger partial charge in [0.05, 0.1) is 0 Å². The van der Waals surface area contributed by atoms with Gasteiger partial charge < -0.3 is 0 Å². The summed E-state index contributed by atoms with van der Waals surface area (Å²) in [4.78, 5) is 0. The third kappa shape index (κ3) is 22.7. The van der Waals surface area contributed by atoms with Gasteiger partial charge in [-0.1, -0.05) is 427 Å². The largest absolute Gasteiger partial charge is 0.0654 e.